The molecule has 6 nitrogen and oxygen atoms in total. The Balaban J connectivity index is 2.41. The molecule has 0 aromatic rings. The lowest BCUT2D eigenvalue weighted by Gasteiger charge is -2.23. The molecule has 0 saturated carbocycles. The summed E-state index contributed by atoms with van der Waals surface area (Å²) in [6, 6.07) is -1.05. The van der Waals surface area contributed by atoms with E-state index in [9.17, 15) is 9.59 Å². The minimum Gasteiger partial charge on any atom is -0.480 e. The van der Waals surface area contributed by atoms with Crippen LogP contribution in [0.2, 0.25) is 0 Å². The maximum absolute atomic E-state index is 11.8. The van der Waals surface area contributed by atoms with Crippen LogP contribution in [0.25, 0.3) is 0 Å². The lowest BCUT2D eigenvalue weighted by Crippen LogP contribution is -2.49. The molecule has 0 aliphatic carbocycles. The molecule has 1 fully saturated rings. The molecule has 2 atom stereocenters. The average molecular weight is 257 g/mol. The van der Waals surface area contributed by atoms with E-state index in [2.05, 4.69) is 11.9 Å². The van der Waals surface area contributed by atoms with E-state index >= 15 is 0 Å². The first-order valence-electron chi connectivity index (χ1n) is 5.98. The topological polar surface area (TPSA) is 84.9 Å². The highest BCUT2D eigenvalue weighted by Crippen LogP contribution is 2.12. The largest absolute Gasteiger partial charge is 0.480 e. The van der Waals surface area contributed by atoms with Crippen LogP contribution < -0.4 is 5.32 Å². The standard InChI is InChI=1S/C12H19NO5/c1-2-6-17-8-9(12(15)16)13-11(14)10-5-3-4-7-18-10/h2,9-10H,1,3-8H2,(H,13,14)(H,15,16). The minimum atomic E-state index is -1.12. The fourth-order valence-corrected chi connectivity index (χ4v) is 1.66. The van der Waals surface area contributed by atoms with Gasteiger partial charge in [-0.05, 0) is 19.3 Å². The fraction of sp³-hybridized carbons (Fsp3) is 0.667. The molecule has 0 spiro atoms. The molecule has 1 rings (SSSR count). The van der Waals surface area contributed by atoms with E-state index in [1.54, 1.807) is 0 Å². The minimum absolute atomic E-state index is 0.0835. The number of rotatable bonds is 7. The maximum Gasteiger partial charge on any atom is 0.328 e. The van der Waals surface area contributed by atoms with Crippen molar-refractivity contribution in [2.45, 2.75) is 31.4 Å². The van der Waals surface area contributed by atoms with Crippen molar-refractivity contribution in [3.8, 4) is 0 Å². The first-order valence-corrected chi connectivity index (χ1v) is 5.98. The van der Waals surface area contributed by atoms with Crippen LogP contribution in [-0.4, -0.2) is 48.9 Å². The van der Waals surface area contributed by atoms with Crippen LogP contribution in [0, 0.1) is 0 Å². The Kier molecular flexibility index (Phi) is 6.38. The van der Waals surface area contributed by atoms with Gasteiger partial charge < -0.3 is 19.9 Å². The molecule has 0 aromatic heterocycles. The van der Waals surface area contributed by atoms with Crippen molar-refractivity contribution in [2.24, 2.45) is 0 Å². The zero-order chi connectivity index (χ0) is 13.4. The monoisotopic (exact) mass is 257 g/mol. The van der Waals surface area contributed by atoms with Gasteiger partial charge in [-0.25, -0.2) is 4.79 Å². The van der Waals surface area contributed by atoms with Crippen molar-refractivity contribution in [1.82, 2.24) is 5.32 Å². The van der Waals surface area contributed by atoms with Gasteiger partial charge in [0.1, 0.15) is 6.10 Å². The van der Waals surface area contributed by atoms with Crippen molar-refractivity contribution in [3.63, 3.8) is 0 Å². The van der Waals surface area contributed by atoms with E-state index in [1.165, 1.54) is 6.08 Å². The molecular formula is C12H19NO5. The molecule has 0 radical (unpaired) electrons. The Bertz CT molecular complexity index is 299. The van der Waals surface area contributed by atoms with E-state index in [0.29, 0.717) is 13.0 Å². The third-order valence-corrected chi connectivity index (χ3v) is 2.61. The van der Waals surface area contributed by atoms with Crippen molar-refractivity contribution in [1.29, 1.82) is 0 Å². The quantitative estimate of drug-likeness (QED) is 0.507. The Morgan fingerprint density at radius 2 is 2.33 bits per heavy atom. The predicted octanol–water partition coefficient (Wildman–Crippen LogP) is 0.327. The highest BCUT2D eigenvalue weighted by Gasteiger charge is 2.27. The van der Waals surface area contributed by atoms with Crippen LogP contribution in [0.1, 0.15) is 19.3 Å². The van der Waals surface area contributed by atoms with Crippen LogP contribution in [0.15, 0.2) is 12.7 Å². The number of nitrogens with one attached hydrogen (secondary N) is 1. The van der Waals surface area contributed by atoms with Gasteiger partial charge in [-0.1, -0.05) is 6.08 Å². The van der Waals surface area contributed by atoms with Gasteiger partial charge in [0.05, 0.1) is 13.2 Å². The number of carbonyl (C=O) groups excluding carboxylic acids is 1. The van der Waals surface area contributed by atoms with Gasteiger partial charge in [-0.2, -0.15) is 0 Å². The Morgan fingerprint density at radius 1 is 1.56 bits per heavy atom. The summed E-state index contributed by atoms with van der Waals surface area (Å²) in [5.41, 5.74) is 0. The number of carbonyl (C=O) groups is 2. The highest BCUT2D eigenvalue weighted by atomic mass is 16.5. The van der Waals surface area contributed by atoms with Gasteiger partial charge in [0, 0.05) is 6.61 Å². The first-order chi connectivity index (χ1) is 8.65. The van der Waals surface area contributed by atoms with Gasteiger partial charge in [0.2, 0.25) is 5.91 Å². The van der Waals surface area contributed by atoms with Crippen molar-refractivity contribution >= 4 is 11.9 Å². The summed E-state index contributed by atoms with van der Waals surface area (Å²) in [4.78, 5) is 22.7. The second-order valence-corrected chi connectivity index (χ2v) is 4.08. The summed E-state index contributed by atoms with van der Waals surface area (Å²) < 4.78 is 10.3. The summed E-state index contributed by atoms with van der Waals surface area (Å²) in [6.45, 7) is 4.17. The Morgan fingerprint density at radius 3 is 2.89 bits per heavy atom. The van der Waals surface area contributed by atoms with Gasteiger partial charge in [0.15, 0.2) is 6.04 Å². The van der Waals surface area contributed by atoms with E-state index < -0.39 is 18.1 Å². The lowest BCUT2D eigenvalue weighted by atomic mass is 10.1. The van der Waals surface area contributed by atoms with Crippen LogP contribution in [0.4, 0.5) is 0 Å². The third kappa shape index (κ3) is 4.85. The van der Waals surface area contributed by atoms with E-state index in [0.717, 1.165) is 12.8 Å². The maximum atomic E-state index is 11.8. The van der Waals surface area contributed by atoms with Crippen molar-refractivity contribution < 1.29 is 24.2 Å². The number of carboxylic acids is 1. The van der Waals surface area contributed by atoms with Crippen molar-refractivity contribution in [3.05, 3.63) is 12.7 Å². The molecule has 0 aromatic carbocycles. The number of hydrogen-bond acceptors (Lipinski definition) is 4. The molecule has 1 aliphatic heterocycles. The Hall–Kier alpha value is -1.40. The number of amides is 1. The third-order valence-electron chi connectivity index (χ3n) is 2.61. The molecular weight excluding hydrogens is 238 g/mol. The molecule has 2 N–H and O–H groups in total. The molecule has 6 heteroatoms. The molecule has 1 aliphatic rings. The van der Waals surface area contributed by atoms with E-state index in [4.69, 9.17) is 14.6 Å². The van der Waals surface area contributed by atoms with Gasteiger partial charge in [-0.3, -0.25) is 4.79 Å². The smallest absolute Gasteiger partial charge is 0.328 e. The number of carboxylic acid groups (broad SMARTS) is 1. The number of aliphatic carboxylic acids is 1. The Labute approximate surface area is 106 Å². The first kappa shape index (κ1) is 14.7. The molecule has 1 heterocycles. The van der Waals surface area contributed by atoms with Crippen LogP contribution in [0.5, 0.6) is 0 Å². The summed E-state index contributed by atoms with van der Waals surface area (Å²) in [5.74, 6) is -1.51. The summed E-state index contributed by atoms with van der Waals surface area (Å²) >= 11 is 0. The SMILES string of the molecule is C=CCOCC(NC(=O)C1CCCCO1)C(=O)O. The molecule has 1 saturated heterocycles. The van der Waals surface area contributed by atoms with Gasteiger partial charge in [0.25, 0.3) is 0 Å². The molecule has 18 heavy (non-hydrogen) atoms. The second kappa shape index (κ2) is 7.84. The average Bonchev–Trinajstić information content (AvgIpc) is 2.38. The van der Waals surface area contributed by atoms with Crippen LogP contribution in [0.3, 0.4) is 0 Å². The number of ether oxygens (including phenoxy) is 2. The lowest BCUT2D eigenvalue weighted by molar-refractivity contribution is -0.147. The van der Waals surface area contributed by atoms with E-state index in [-0.39, 0.29) is 19.1 Å². The van der Waals surface area contributed by atoms with Gasteiger partial charge in [-0.15, -0.1) is 6.58 Å². The molecule has 1 amide bonds. The predicted molar refractivity (Wildman–Crippen MR) is 64.2 cm³/mol. The van der Waals surface area contributed by atoms with Crippen molar-refractivity contribution in [2.75, 3.05) is 19.8 Å². The summed E-state index contributed by atoms with van der Waals surface area (Å²) in [6.07, 6.45) is 3.47. The normalized spacial score (nSPS) is 21.0. The number of hydrogen-bond donors (Lipinski definition) is 2. The molecule has 0 bridgehead atoms. The van der Waals surface area contributed by atoms with Crippen LogP contribution in [-0.2, 0) is 19.1 Å². The van der Waals surface area contributed by atoms with Crippen LogP contribution >= 0.6 is 0 Å². The second-order valence-electron chi connectivity index (χ2n) is 4.08. The zero-order valence-corrected chi connectivity index (χ0v) is 10.3. The summed E-state index contributed by atoms with van der Waals surface area (Å²) in [7, 11) is 0. The van der Waals surface area contributed by atoms with Gasteiger partial charge >= 0.3 is 5.97 Å². The fourth-order valence-electron chi connectivity index (χ4n) is 1.66. The zero-order valence-electron chi connectivity index (χ0n) is 10.3. The highest BCUT2D eigenvalue weighted by molar-refractivity contribution is 5.86. The van der Waals surface area contributed by atoms with E-state index in [1.807, 2.05) is 0 Å². The molecule has 2 unspecified atom stereocenters. The molecule has 102 valence electrons. The summed E-state index contributed by atoms with van der Waals surface area (Å²) in [5, 5.41) is 11.4.